The average Bonchev–Trinajstić information content (AvgIpc) is 2.71. The Hall–Kier alpha value is -0.710. The predicted molar refractivity (Wildman–Crippen MR) is 60.4 cm³/mol. The Balaban J connectivity index is 2.35. The molecule has 0 saturated heterocycles. The van der Waals surface area contributed by atoms with E-state index in [1.54, 1.807) is 11.0 Å². The first-order valence-electron chi connectivity index (χ1n) is 5.40. The molecule has 0 aromatic carbocycles. The number of aryl methyl sites for hydroxylation is 1. The Morgan fingerprint density at radius 3 is 2.50 bits per heavy atom. The van der Waals surface area contributed by atoms with Crippen molar-refractivity contribution in [1.29, 1.82) is 0 Å². The number of hydrogen-bond donors (Lipinski definition) is 0. The molecule has 0 amide bonds. The second-order valence-corrected chi connectivity index (χ2v) is 5.37. The maximum atomic E-state index is 12.1. The molecule has 6 nitrogen and oxygen atoms in total. The van der Waals surface area contributed by atoms with E-state index in [4.69, 9.17) is 9.05 Å². The third-order valence-electron chi connectivity index (χ3n) is 1.94. The third-order valence-corrected chi connectivity index (χ3v) is 4.10. The summed E-state index contributed by atoms with van der Waals surface area (Å²) >= 11 is 0. The van der Waals surface area contributed by atoms with Crippen molar-refractivity contribution in [2.75, 3.05) is 19.4 Å². The highest BCUT2D eigenvalue weighted by Gasteiger charge is 2.22. The van der Waals surface area contributed by atoms with Crippen LogP contribution in [0.2, 0.25) is 0 Å². The highest BCUT2D eigenvalue weighted by Crippen LogP contribution is 2.48. The van der Waals surface area contributed by atoms with Crippen molar-refractivity contribution in [3.05, 3.63) is 12.7 Å². The van der Waals surface area contributed by atoms with Crippen LogP contribution in [-0.4, -0.2) is 34.1 Å². The van der Waals surface area contributed by atoms with Gasteiger partial charge in [-0.3, -0.25) is 9.25 Å². The van der Waals surface area contributed by atoms with Gasteiger partial charge in [-0.15, -0.1) is 0 Å². The Kier molecular flexibility index (Phi) is 5.66. The van der Waals surface area contributed by atoms with E-state index >= 15 is 0 Å². The summed E-state index contributed by atoms with van der Waals surface area (Å²) in [6.45, 7) is 5.09. The zero-order valence-corrected chi connectivity index (χ0v) is 10.6. The summed E-state index contributed by atoms with van der Waals surface area (Å²) in [5.41, 5.74) is 0. The summed E-state index contributed by atoms with van der Waals surface area (Å²) in [5, 5.41) is 3.96. The first-order valence-corrected chi connectivity index (χ1v) is 7.13. The van der Waals surface area contributed by atoms with Crippen molar-refractivity contribution < 1.29 is 13.6 Å². The van der Waals surface area contributed by atoms with Gasteiger partial charge in [0.1, 0.15) is 12.7 Å². The zero-order chi connectivity index (χ0) is 11.9. The zero-order valence-electron chi connectivity index (χ0n) is 9.70. The van der Waals surface area contributed by atoms with E-state index in [-0.39, 0.29) is 0 Å². The van der Waals surface area contributed by atoms with Crippen LogP contribution < -0.4 is 0 Å². The van der Waals surface area contributed by atoms with E-state index in [2.05, 4.69) is 10.1 Å². The molecule has 0 bridgehead atoms. The molecule has 0 unspecified atom stereocenters. The molecule has 1 aromatic heterocycles. The molecule has 1 heterocycles. The van der Waals surface area contributed by atoms with Crippen LogP contribution in [0.3, 0.4) is 0 Å². The predicted octanol–water partition coefficient (Wildman–Crippen LogP) is 1.93. The van der Waals surface area contributed by atoms with Crippen molar-refractivity contribution in [2.45, 2.75) is 26.8 Å². The quantitative estimate of drug-likeness (QED) is 0.657. The molecule has 0 N–H and O–H groups in total. The second-order valence-electron chi connectivity index (χ2n) is 3.18. The molecule has 0 radical (unpaired) electrons. The minimum atomic E-state index is -2.90. The molecular formula is C9H18N3O3P. The molecule has 0 aliphatic carbocycles. The van der Waals surface area contributed by atoms with Crippen LogP contribution in [0.15, 0.2) is 12.7 Å². The summed E-state index contributed by atoms with van der Waals surface area (Å²) in [7, 11) is -2.90. The molecule has 0 atom stereocenters. The largest absolute Gasteiger partial charge is 0.330 e. The summed E-state index contributed by atoms with van der Waals surface area (Å²) in [6.07, 6.45) is 4.21. The summed E-state index contributed by atoms with van der Waals surface area (Å²) in [5.74, 6) is 0. The number of rotatable bonds is 8. The third kappa shape index (κ3) is 4.43. The van der Waals surface area contributed by atoms with Crippen molar-refractivity contribution in [2.24, 2.45) is 0 Å². The lowest BCUT2D eigenvalue weighted by atomic mass is 10.5. The normalized spacial score (nSPS) is 11.9. The van der Waals surface area contributed by atoms with Gasteiger partial charge < -0.3 is 9.05 Å². The van der Waals surface area contributed by atoms with Crippen LogP contribution in [0, 0.1) is 0 Å². The number of aromatic nitrogens is 3. The van der Waals surface area contributed by atoms with Crippen LogP contribution in [0.1, 0.15) is 20.3 Å². The molecule has 1 rings (SSSR count). The summed E-state index contributed by atoms with van der Waals surface area (Å²) < 4.78 is 24.1. The van der Waals surface area contributed by atoms with Crippen molar-refractivity contribution in [3.63, 3.8) is 0 Å². The number of nitrogens with zero attached hydrogens (tertiary/aromatic N) is 3. The van der Waals surface area contributed by atoms with Crippen LogP contribution >= 0.6 is 7.60 Å². The molecule has 1 aromatic rings. The van der Waals surface area contributed by atoms with Gasteiger partial charge in [-0.1, -0.05) is 0 Å². The van der Waals surface area contributed by atoms with Crippen LogP contribution in [-0.2, 0) is 20.2 Å². The standard InChI is InChI=1S/C9H18N3O3P/c1-3-14-16(13,15-4-2)7-5-6-12-9-10-8-11-12/h8-9H,3-7H2,1-2H3. The SMILES string of the molecule is CCOP(=O)(CCCn1cncn1)OCC. The molecule has 7 heteroatoms. The maximum absolute atomic E-state index is 12.1. The second kappa shape index (κ2) is 6.78. The van der Waals surface area contributed by atoms with Gasteiger partial charge in [0.05, 0.1) is 19.4 Å². The topological polar surface area (TPSA) is 66.2 Å². The van der Waals surface area contributed by atoms with Crippen molar-refractivity contribution >= 4 is 7.60 Å². The molecule has 0 spiro atoms. The molecule has 92 valence electrons. The molecular weight excluding hydrogens is 229 g/mol. The fourth-order valence-electron chi connectivity index (χ4n) is 1.33. The van der Waals surface area contributed by atoms with Gasteiger partial charge in [-0.25, -0.2) is 4.98 Å². The van der Waals surface area contributed by atoms with E-state index in [1.807, 2.05) is 13.8 Å². The first-order chi connectivity index (χ1) is 7.70. The Morgan fingerprint density at radius 2 is 2.00 bits per heavy atom. The van der Waals surface area contributed by atoms with Crippen LogP contribution in [0.25, 0.3) is 0 Å². The fraction of sp³-hybridized carbons (Fsp3) is 0.778. The van der Waals surface area contributed by atoms with E-state index < -0.39 is 7.60 Å². The lowest BCUT2D eigenvalue weighted by Gasteiger charge is -2.16. The molecule has 0 fully saturated rings. The van der Waals surface area contributed by atoms with Crippen LogP contribution in [0.5, 0.6) is 0 Å². The van der Waals surface area contributed by atoms with E-state index in [1.165, 1.54) is 6.33 Å². The van der Waals surface area contributed by atoms with Gasteiger partial charge in [0, 0.05) is 6.54 Å². The van der Waals surface area contributed by atoms with Crippen molar-refractivity contribution in [3.8, 4) is 0 Å². The first kappa shape index (κ1) is 13.4. The average molecular weight is 247 g/mol. The lowest BCUT2D eigenvalue weighted by Crippen LogP contribution is -2.05. The molecule has 0 aliphatic heterocycles. The van der Waals surface area contributed by atoms with E-state index in [0.717, 1.165) is 0 Å². The van der Waals surface area contributed by atoms with Crippen molar-refractivity contribution in [1.82, 2.24) is 14.8 Å². The van der Waals surface area contributed by atoms with Gasteiger partial charge in [0.2, 0.25) is 0 Å². The van der Waals surface area contributed by atoms with Gasteiger partial charge in [0.15, 0.2) is 0 Å². The lowest BCUT2D eigenvalue weighted by molar-refractivity contribution is 0.219. The molecule has 16 heavy (non-hydrogen) atoms. The molecule has 0 saturated carbocycles. The summed E-state index contributed by atoms with van der Waals surface area (Å²) in [4.78, 5) is 3.83. The monoisotopic (exact) mass is 247 g/mol. The van der Waals surface area contributed by atoms with Gasteiger partial charge in [-0.05, 0) is 20.3 Å². The van der Waals surface area contributed by atoms with Gasteiger partial charge >= 0.3 is 7.60 Å². The molecule has 0 aliphatic rings. The van der Waals surface area contributed by atoms with Crippen LogP contribution in [0.4, 0.5) is 0 Å². The Bertz CT molecular complexity index is 319. The number of hydrogen-bond acceptors (Lipinski definition) is 5. The van der Waals surface area contributed by atoms with E-state index in [9.17, 15) is 4.57 Å². The smallest absolute Gasteiger partial charge is 0.309 e. The van der Waals surface area contributed by atoms with Gasteiger partial charge in [0.25, 0.3) is 0 Å². The van der Waals surface area contributed by atoms with E-state index in [0.29, 0.717) is 32.3 Å². The highest BCUT2D eigenvalue weighted by atomic mass is 31.2. The minimum Gasteiger partial charge on any atom is -0.309 e. The minimum absolute atomic E-state index is 0.403. The maximum Gasteiger partial charge on any atom is 0.330 e. The fourth-order valence-corrected chi connectivity index (χ4v) is 2.98. The van der Waals surface area contributed by atoms with Gasteiger partial charge in [-0.2, -0.15) is 5.10 Å². The Labute approximate surface area is 95.5 Å². The highest BCUT2D eigenvalue weighted by molar-refractivity contribution is 7.53. The summed E-state index contributed by atoms with van der Waals surface area (Å²) in [6, 6.07) is 0. The Morgan fingerprint density at radius 1 is 1.31 bits per heavy atom.